The summed E-state index contributed by atoms with van der Waals surface area (Å²) in [4.78, 5) is 0. The molecule has 0 spiro atoms. The molecule has 94 valence electrons. The van der Waals surface area contributed by atoms with Crippen LogP contribution in [0.2, 0.25) is 0 Å². The summed E-state index contributed by atoms with van der Waals surface area (Å²) in [6.45, 7) is 0. The van der Waals surface area contributed by atoms with Crippen LogP contribution in [-0.2, 0) is 0 Å². The average Bonchev–Trinajstić information content (AvgIpc) is 2.25. The van der Waals surface area contributed by atoms with Crippen LogP contribution in [0.4, 0.5) is 13.2 Å². The Morgan fingerprint density at radius 3 is 2.12 bits per heavy atom. The Kier molecular flexibility index (Phi) is 3.51. The van der Waals surface area contributed by atoms with E-state index in [2.05, 4.69) is 20.7 Å². The number of halogens is 4. The molecule has 0 aliphatic heterocycles. The normalized spacial score (nSPS) is 15.6. The Morgan fingerprint density at radius 1 is 1.06 bits per heavy atom. The first-order chi connectivity index (χ1) is 8.06. The molecule has 0 saturated heterocycles. The highest BCUT2D eigenvalue weighted by atomic mass is 79.9. The molecule has 0 aromatic heterocycles. The first-order valence-corrected chi connectivity index (χ1v) is 5.92. The number of hydrogen-bond acceptors (Lipinski definition) is 2. The molecule has 0 unspecified atom stereocenters. The predicted octanol–water partition coefficient (Wildman–Crippen LogP) is 3.81. The van der Waals surface area contributed by atoms with Crippen molar-refractivity contribution < 1.29 is 22.6 Å². The Bertz CT molecular complexity index is 418. The minimum atomic E-state index is -1.37. The highest BCUT2D eigenvalue weighted by molar-refractivity contribution is 9.10. The minimum Gasteiger partial charge on any atom is -0.491 e. The second kappa shape index (κ2) is 4.76. The van der Waals surface area contributed by atoms with Crippen molar-refractivity contribution >= 4 is 15.9 Å². The molecule has 2 nitrogen and oxygen atoms in total. The number of hydrogen-bond donors (Lipinski definition) is 0. The molecule has 0 N–H and O–H groups in total. The van der Waals surface area contributed by atoms with E-state index < -0.39 is 29.0 Å². The van der Waals surface area contributed by atoms with Gasteiger partial charge in [0.25, 0.3) is 0 Å². The lowest BCUT2D eigenvalue weighted by atomic mass is 9.96. The quantitative estimate of drug-likeness (QED) is 0.790. The molecule has 1 aliphatic carbocycles. The fraction of sp³-hybridized carbons (Fsp3) is 0.455. The van der Waals surface area contributed by atoms with Crippen molar-refractivity contribution in [2.45, 2.75) is 25.4 Å². The standard InChI is InChI=1S/C11H10BrF3O2/c1-16-11-7(13)6(12)10(8(14)9(11)15)17-5-3-2-4-5/h5H,2-4H2,1H3. The van der Waals surface area contributed by atoms with E-state index in [0.717, 1.165) is 26.4 Å². The van der Waals surface area contributed by atoms with Crippen LogP contribution in [0.3, 0.4) is 0 Å². The lowest BCUT2D eigenvalue weighted by molar-refractivity contribution is 0.111. The maximum absolute atomic E-state index is 13.6. The van der Waals surface area contributed by atoms with Crippen molar-refractivity contribution in [3.63, 3.8) is 0 Å². The van der Waals surface area contributed by atoms with Crippen LogP contribution in [-0.4, -0.2) is 13.2 Å². The zero-order valence-corrected chi connectivity index (χ0v) is 10.6. The van der Waals surface area contributed by atoms with E-state index in [1.54, 1.807) is 0 Å². The maximum Gasteiger partial charge on any atom is 0.207 e. The molecule has 0 atom stereocenters. The topological polar surface area (TPSA) is 18.5 Å². The molecule has 0 radical (unpaired) electrons. The number of methoxy groups -OCH3 is 1. The molecule has 1 aromatic rings. The van der Waals surface area contributed by atoms with E-state index in [4.69, 9.17) is 4.74 Å². The average molecular weight is 311 g/mol. The molecule has 0 bridgehead atoms. The van der Waals surface area contributed by atoms with Crippen molar-refractivity contribution in [2.75, 3.05) is 7.11 Å². The third kappa shape index (κ3) is 2.10. The molecule has 0 heterocycles. The zero-order chi connectivity index (χ0) is 12.6. The lowest BCUT2D eigenvalue weighted by Crippen LogP contribution is -2.25. The fourth-order valence-corrected chi connectivity index (χ4v) is 1.98. The summed E-state index contributed by atoms with van der Waals surface area (Å²) in [7, 11) is 1.07. The molecule has 17 heavy (non-hydrogen) atoms. The Labute approximate surface area is 105 Å². The van der Waals surface area contributed by atoms with Crippen LogP contribution >= 0.6 is 15.9 Å². The van der Waals surface area contributed by atoms with E-state index in [1.165, 1.54) is 0 Å². The summed E-state index contributed by atoms with van der Waals surface area (Å²) in [5, 5.41) is 0. The number of ether oxygens (including phenoxy) is 2. The Balaban J connectivity index is 2.43. The maximum atomic E-state index is 13.6. The van der Waals surface area contributed by atoms with Crippen molar-refractivity contribution in [1.29, 1.82) is 0 Å². The summed E-state index contributed by atoms with van der Waals surface area (Å²) < 4.78 is 50.1. The molecule has 1 saturated carbocycles. The summed E-state index contributed by atoms with van der Waals surface area (Å²) in [5.74, 6) is -4.79. The van der Waals surface area contributed by atoms with E-state index in [9.17, 15) is 13.2 Å². The Morgan fingerprint density at radius 2 is 1.65 bits per heavy atom. The lowest BCUT2D eigenvalue weighted by Gasteiger charge is -2.27. The van der Waals surface area contributed by atoms with Gasteiger partial charge in [0.15, 0.2) is 17.3 Å². The highest BCUT2D eigenvalue weighted by Crippen LogP contribution is 2.40. The van der Waals surface area contributed by atoms with Gasteiger partial charge in [-0.25, -0.2) is 4.39 Å². The van der Waals surface area contributed by atoms with Crippen LogP contribution < -0.4 is 9.47 Å². The van der Waals surface area contributed by atoms with Crippen molar-refractivity contribution in [3.8, 4) is 11.5 Å². The molecule has 0 amide bonds. The molecule has 1 fully saturated rings. The monoisotopic (exact) mass is 310 g/mol. The van der Waals surface area contributed by atoms with Crippen LogP contribution in [0.5, 0.6) is 11.5 Å². The molecular formula is C11H10BrF3O2. The van der Waals surface area contributed by atoms with Crippen LogP contribution in [0.15, 0.2) is 4.47 Å². The molecular weight excluding hydrogens is 301 g/mol. The third-order valence-electron chi connectivity index (χ3n) is 2.72. The van der Waals surface area contributed by atoms with Gasteiger partial charge >= 0.3 is 0 Å². The van der Waals surface area contributed by atoms with Gasteiger partial charge in [-0.1, -0.05) is 0 Å². The van der Waals surface area contributed by atoms with Gasteiger partial charge in [-0.3, -0.25) is 0 Å². The van der Waals surface area contributed by atoms with Crippen molar-refractivity contribution in [3.05, 3.63) is 21.9 Å². The number of rotatable bonds is 3. The van der Waals surface area contributed by atoms with E-state index in [1.807, 2.05) is 0 Å². The minimum absolute atomic E-state index is 0.173. The highest BCUT2D eigenvalue weighted by Gasteiger charge is 2.29. The van der Waals surface area contributed by atoms with Crippen LogP contribution in [0, 0.1) is 17.5 Å². The van der Waals surface area contributed by atoms with Gasteiger partial charge in [0, 0.05) is 0 Å². The fourth-order valence-electron chi connectivity index (χ4n) is 1.53. The van der Waals surface area contributed by atoms with Gasteiger partial charge in [-0.05, 0) is 35.2 Å². The van der Waals surface area contributed by atoms with Crippen LogP contribution in [0.1, 0.15) is 19.3 Å². The van der Waals surface area contributed by atoms with Gasteiger partial charge in [-0.2, -0.15) is 8.78 Å². The zero-order valence-electron chi connectivity index (χ0n) is 9.03. The van der Waals surface area contributed by atoms with Crippen molar-refractivity contribution in [1.82, 2.24) is 0 Å². The predicted molar refractivity (Wildman–Crippen MR) is 58.8 cm³/mol. The van der Waals surface area contributed by atoms with E-state index in [0.29, 0.717) is 0 Å². The van der Waals surface area contributed by atoms with Gasteiger partial charge in [0.05, 0.1) is 13.2 Å². The molecule has 6 heteroatoms. The second-order valence-corrected chi connectivity index (χ2v) is 4.58. The summed E-state index contributed by atoms with van der Waals surface area (Å²) in [6, 6.07) is 0. The van der Waals surface area contributed by atoms with Gasteiger partial charge in [0.2, 0.25) is 11.6 Å². The summed E-state index contributed by atoms with van der Waals surface area (Å²) in [6.07, 6.45) is 2.33. The largest absolute Gasteiger partial charge is 0.491 e. The first kappa shape index (κ1) is 12.5. The first-order valence-electron chi connectivity index (χ1n) is 5.12. The summed E-state index contributed by atoms with van der Waals surface area (Å²) >= 11 is 2.85. The molecule has 1 aliphatic rings. The van der Waals surface area contributed by atoms with Crippen LogP contribution in [0.25, 0.3) is 0 Å². The van der Waals surface area contributed by atoms with E-state index in [-0.39, 0.29) is 10.6 Å². The molecule has 2 rings (SSSR count). The van der Waals surface area contributed by atoms with Gasteiger partial charge in [-0.15, -0.1) is 0 Å². The second-order valence-electron chi connectivity index (χ2n) is 3.79. The SMILES string of the molecule is COc1c(F)c(F)c(OC2CCC2)c(Br)c1F. The smallest absolute Gasteiger partial charge is 0.207 e. The number of benzene rings is 1. The summed E-state index contributed by atoms with van der Waals surface area (Å²) in [5.41, 5.74) is 0. The molecule has 1 aromatic carbocycles. The van der Waals surface area contributed by atoms with Crippen molar-refractivity contribution in [2.24, 2.45) is 0 Å². The van der Waals surface area contributed by atoms with E-state index >= 15 is 0 Å². The van der Waals surface area contributed by atoms with Gasteiger partial charge in [0.1, 0.15) is 4.47 Å². The Hall–Kier alpha value is -0.910. The third-order valence-corrected chi connectivity index (χ3v) is 3.43. The van der Waals surface area contributed by atoms with Gasteiger partial charge < -0.3 is 9.47 Å².